The highest BCUT2D eigenvalue weighted by atomic mass is 32.2. The van der Waals surface area contributed by atoms with Crippen molar-refractivity contribution in [2.24, 2.45) is 0 Å². The normalized spacial score (nSPS) is 11.4. The van der Waals surface area contributed by atoms with E-state index in [9.17, 15) is 13.2 Å². The molecule has 0 aliphatic carbocycles. The number of pyridine rings is 1. The lowest BCUT2D eigenvalue weighted by atomic mass is 10.2. The van der Waals surface area contributed by atoms with Crippen molar-refractivity contribution in [1.29, 1.82) is 0 Å². The number of nitrogens with zero attached hydrogens (tertiary/aromatic N) is 2. The van der Waals surface area contributed by atoms with E-state index in [2.05, 4.69) is 10.3 Å². The topological polar surface area (TPSA) is 79.4 Å². The Hall–Kier alpha value is -2.41. The van der Waals surface area contributed by atoms with Gasteiger partial charge < -0.3 is 5.32 Å². The lowest BCUT2D eigenvalue weighted by Crippen LogP contribution is -2.31. The number of carbonyl (C=O) groups excluding carboxylic acids is 1. The summed E-state index contributed by atoms with van der Waals surface area (Å²) in [7, 11) is -2.27. The molecular weight excluding hydrogens is 326 g/mol. The number of nitrogens with one attached hydrogen (secondary N) is 1. The van der Waals surface area contributed by atoms with Gasteiger partial charge in [-0.25, -0.2) is 8.42 Å². The molecule has 0 saturated carbocycles. The number of anilines is 1. The fraction of sp³-hybridized carbons (Fsp3) is 0.294. The Labute approximate surface area is 142 Å². The zero-order valence-electron chi connectivity index (χ0n) is 14.1. The van der Waals surface area contributed by atoms with Gasteiger partial charge in [0.25, 0.3) is 15.9 Å². The fourth-order valence-electron chi connectivity index (χ4n) is 2.08. The molecule has 0 atom stereocenters. The van der Waals surface area contributed by atoms with Crippen molar-refractivity contribution < 1.29 is 13.2 Å². The average molecular weight is 347 g/mol. The van der Waals surface area contributed by atoms with Gasteiger partial charge in [0, 0.05) is 19.3 Å². The first kappa shape index (κ1) is 17.9. The molecule has 1 aromatic heterocycles. The van der Waals surface area contributed by atoms with Crippen LogP contribution >= 0.6 is 0 Å². The molecule has 0 unspecified atom stereocenters. The minimum atomic E-state index is -3.71. The first-order valence-electron chi connectivity index (χ1n) is 7.53. The summed E-state index contributed by atoms with van der Waals surface area (Å²) in [6.45, 7) is 5.59. The maximum Gasteiger partial charge on any atom is 0.264 e. The number of amides is 1. The summed E-state index contributed by atoms with van der Waals surface area (Å²) in [5, 5.41) is 2.75. The molecule has 1 heterocycles. The third-order valence-electron chi connectivity index (χ3n) is 3.45. The lowest BCUT2D eigenvalue weighted by molar-refractivity contribution is 0.0942. The standard InChI is InChI=1S/C17H21N3O3S/c1-12(2)19-17(21)14-9-15(11-18-10-14)20(4)24(22,23)16-7-5-13(3)6-8-16/h5-12H,1-4H3,(H,19,21). The number of sulfonamides is 1. The van der Waals surface area contributed by atoms with Crippen LogP contribution in [0.5, 0.6) is 0 Å². The van der Waals surface area contributed by atoms with E-state index in [1.54, 1.807) is 24.3 Å². The Morgan fingerprint density at radius 3 is 2.38 bits per heavy atom. The van der Waals surface area contributed by atoms with Crippen LogP contribution < -0.4 is 9.62 Å². The van der Waals surface area contributed by atoms with Crippen molar-refractivity contribution in [1.82, 2.24) is 10.3 Å². The van der Waals surface area contributed by atoms with Crippen molar-refractivity contribution in [2.45, 2.75) is 31.7 Å². The zero-order chi connectivity index (χ0) is 17.9. The molecule has 0 bridgehead atoms. The van der Waals surface area contributed by atoms with Crippen LogP contribution in [0.2, 0.25) is 0 Å². The monoisotopic (exact) mass is 347 g/mol. The average Bonchev–Trinajstić information content (AvgIpc) is 2.54. The molecule has 128 valence electrons. The van der Waals surface area contributed by atoms with Gasteiger partial charge in [0.05, 0.1) is 22.3 Å². The maximum absolute atomic E-state index is 12.7. The molecule has 24 heavy (non-hydrogen) atoms. The number of hydrogen-bond donors (Lipinski definition) is 1. The second-order valence-electron chi connectivity index (χ2n) is 5.85. The molecule has 7 heteroatoms. The van der Waals surface area contributed by atoms with Gasteiger partial charge in [0.15, 0.2) is 0 Å². The van der Waals surface area contributed by atoms with Crippen LogP contribution in [-0.4, -0.2) is 32.4 Å². The van der Waals surface area contributed by atoms with Crippen LogP contribution in [0.4, 0.5) is 5.69 Å². The second-order valence-corrected chi connectivity index (χ2v) is 7.81. The number of benzene rings is 1. The predicted molar refractivity (Wildman–Crippen MR) is 93.6 cm³/mol. The van der Waals surface area contributed by atoms with Gasteiger partial charge in [-0.1, -0.05) is 17.7 Å². The fourth-order valence-corrected chi connectivity index (χ4v) is 3.25. The molecule has 0 spiro atoms. The third kappa shape index (κ3) is 3.91. The molecule has 1 amide bonds. The van der Waals surface area contributed by atoms with Crippen molar-refractivity contribution in [3.63, 3.8) is 0 Å². The Bertz CT molecular complexity index is 830. The number of rotatable bonds is 5. The summed E-state index contributed by atoms with van der Waals surface area (Å²) in [5.74, 6) is -0.291. The summed E-state index contributed by atoms with van der Waals surface area (Å²) in [6.07, 6.45) is 2.82. The van der Waals surface area contributed by atoms with Gasteiger partial charge in [-0.15, -0.1) is 0 Å². The molecule has 2 rings (SSSR count). The van der Waals surface area contributed by atoms with Crippen LogP contribution in [-0.2, 0) is 10.0 Å². The van der Waals surface area contributed by atoms with E-state index in [0.29, 0.717) is 11.3 Å². The summed E-state index contributed by atoms with van der Waals surface area (Å²) in [4.78, 5) is 16.2. The highest BCUT2D eigenvalue weighted by Crippen LogP contribution is 2.22. The third-order valence-corrected chi connectivity index (χ3v) is 5.25. The molecular formula is C17H21N3O3S. The minimum absolute atomic E-state index is 0.0184. The van der Waals surface area contributed by atoms with Crippen molar-refractivity contribution in [3.8, 4) is 0 Å². The van der Waals surface area contributed by atoms with Gasteiger partial charge >= 0.3 is 0 Å². The van der Waals surface area contributed by atoms with Crippen LogP contribution in [0, 0.1) is 6.92 Å². The summed E-state index contributed by atoms with van der Waals surface area (Å²) in [6, 6.07) is 8.09. The Kier molecular flexibility index (Phi) is 5.23. The van der Waals surface area contributed by atoms with Crippen molar-refractivity contribution in [2.75, 3.05) is 11.4 Å². The SMILES string of the molecule is Cc1ccc(S(=O)(=O)N(C)c2cncc(C(=O)NC(C)C)c2)cc1. The van der Waals surface area contributed by atoms with Gasteiger partial charge in [-0.3, -0.25) is 14.1 Å². The molecule has 0 radical (unpaired) electrons. The molecule has 1 N–H and O–H groups in total. The van der Waals surface area contributed by atoms with Crippen LogP contribution in [0.15, 0.2) is 47.6 Å². The molecule has 1 aromatic carbocycles. The molecule has 0 saturated heterocycles. The predicted octanol–water partition coefficient (Wildman–Crippen LogP) is 2.35. The number of hydrogen-bond acceptors (Lipinski definition) is 4. The largest absolute Gasteiger partial charge is 0.350 e. The zero-order valence-corrected chi connectivity index (χ0v) is 15.0. The van der Waals surface area contributed by atoms with Gasteiger partial charge in [-0.05, 0) is 39.0 Å². The first-order valence-corrected chi connectivity index (χ1v) is 8.97. The van der Waals surface area contributed by atoms with E-state index < -0.39 is 10.0 Å². The van der Waals surface area contributed by atoms with E-state index >= 15 is 0 Å². The smallest absolute Gasteiger partial charge is 0.264 e. The number of carbonyl (C=O) groups is 1. The molecule has 6 nitrogen and oxygen atoms in total. The second kappa shape index (κ2) is 7.00. The number of aromatic nitrogens is 1. The molecule has 2 aromatic rings. The first-order chi connectivity index (χ1) is 11.2. The highest BCUT2D eigenvalue weighted by molar-refractivity contribution is 7.92. The lowest BCUT2D eigenvalue weighted by Gasteiger charge is -2.20. The Morgan fingerprint density at radius 2 is 1.79 bits per heavy atom. The van der Waals surface area contributed by atoms with E-state index in [4.69, 9.17) is 0 Å². The molecule has 0 fully saturated rings. The van der Waals surface area contributed by atoms with Crippen LogP contribution in [0.1, 0.15) is 29.8 Å². The highest BCUT2D eigenvalue weighted by Gasteiger charge is 2.22. The van der Waals surface area contributed by atoms with E-state index in [-0.39, 0.29) is 16.8 Å². The number of aryl methyl sites for hydroxylation is 1. The summed E-state index contributed by atoms with van der Waals surface area (Å²) >= 11 is 0. The van der Waals surface area contributed by atoms with Gasteiger partial charge in [0.1, 0.15) is 0 Å². The summed E-state index contributed by atoms with van der Waals surface area (Å²) in [5.41, 5.74) is 1.62. The van der Waals surface area contributed by atoms with Crippen molar-refractivity contribution >= 4 is 21.6 Å². The van der Waals surface area contributed by atoms with Gasteiger partial charge in [0.2, 0.25) is 0 Å². The molecule has 0 aliphatic heterocycles. The van der Waals surface area contributed by atoms with Crippen LogP contribution in [0.3, 0.4) is 0 Å². The maximum atomic E-state index is 12.7. The van der Waals surface area contributed by atoms with E-state index in [0.717, 1.165) is 9.87 Å². The Morgan fingerprint density at radius 1 is 1.17 bits per heavy atom. The Balaban J connectivity index is 2.34. The minimum Gasteiger partial charge on any atom is -0.350 e. The van der Waals surface area contributed by atoms with Gasteiger partial charge in [-0.2, -0.15) is 0 Å². The van der Waals surface area contributed by atoms with E-state index in [1.165, 1.54) is 25.5 Å². The quantitative estimate of drug-likeness (QED) is 0.900. The summed E-state index contributed by atoms with van der Waals surface area (Å²) < 4.78 is 26.5. The molecule has 0 aliphatic rings. The van der Waals surface area contributed by atoms with Crippen LogP contribution in [0.25, 0.3) is 0 Å². The van der Waals surface area contributed by atoms with Crippen molar-refractivity contribution in [3.05, 3.63) is 53.9 Å². The van der Waals surface area contributed by atoms with E-state index in [1.807, 2.05) is 20.8 Å².